The lowest BCUT2D eigenvalue weighted by atomic mass is 10.1. The Hall–Kier alpha value is -0.350. The van der Waals surface area contributed by atoms with Crippen molar-refractivity contribution in [3.63, 3.8) is 0 Å². The molecule has 0 aromatic heterocycles. The molecule has 1 aliphatic heterocycles. The number of benzene rings is 1. The molecule has 1 saturated heterocycles. The second-order valence-corrected chi connectivity index (χ2v) is 6.04. The first-order valence-corrected chi connectivity index (χ1v) is 7.00. The molecule has 0 aliphatic carbocycles. The minimum atomic E-state index is 0.00500. The van der Waals surface area contributed by atoms with Gasteiger partial charge in [-0.1, -0.05) is 44.0 Å². The Morgan fingerprint density at radius 2 is 2.00 bits per heavy atom. The van der Waals surface area contributed by atoms with E-state index < -0.39 is 0 Å². The molecule has 1 aliphatic rings. The first-order valence-electron chi connectivity index (χ1n) is 5.29. The van der Waals surface area contributed by atoms with Gasteiger partial charge in [0, 0.05) is 11.0 Å². The number of likely N-dealkylation sites (tertiary alicyclic amines) is 1. The van der Waals surface area contributed by atoms with E-state index in [1.54, 1.807) is 0 Å². The Balaban J connectivity index is 2.16. The minimum absolute atomic E-state index is 0.00500. The quantitative estimate of drug-likeness (QED) is 0.750. The molecular weight excluding hydrogens is 334 g/mol. The van der Waals surface area contributed by atoms with E-state index in [2.05, 4.69) is 50.9 Å². The van der Waals surface area contributed by atoms with Crippen LogP contribution in [0.25, 0.3) is 0 Å². The summed E-state index contributed by atoms with van der Waals surface area (Å²) in [5, 5.41) is 0. The lowest BCUT2D eigenvalue weighted by Crippen LogP contribution is -2.30. The Labute approximate surface area is 112 Å². The predicted molar refractivity (Wildman–Crippen MR) is 71.6 cm³/mol. The number of rotatable bonds is 2. The average Bonchev–Trinajstić information content (AvgIpc) is 2.60. The van der Waals surface area contributed by atoms with Gasteiger partial charge in [-0.05, 0) is 31.0 Å². The SMILES string of the molecule is CC(c1ccc(Br)cc1)N1CCC(Br)C1=O. The van der Waals surface area contributed by atoms with Crippen LogP contribution in [0.15, 0.2) is 28.7 Å². The van der Waals surface area contributed by atoms with Crippen LogP contribution in [0, 0.1) is 0 Å². The molecule has 1 aromatic rings. The Morgan fingerprint density at radius 3 is 2.50 bits per heavy atom. The van der Waals surface area contributed by atoms with Crippen molar-refractivity contribution in [2.75, 3.05) is 6.54 Å². The van der Waals surface area contributed by atoms with E-state index in [9.17, 15) is 4.79 Å². The normalized spacial score (nSPS) is 22.6. The maximum absolute atomic E-state index is 11.9. The third kappa shape index (κ3) is 2.33. The summed E-state index contributed by atoms with van der Waals surface area (Å²) in [5.74, 6) is 0.204. The van der Waals surface area contributed by atoms with E-state index in [1.165, 1.54) is 5.56 Å². The predicted octanol–water partition coefficient (Wildman–Crippen LogP) is 3.51. The zero-order valence-electron chi connectivity index (χ0n) is 8.99. The molecule has 0 bridgehead atoms. The van der Waals surface area contributed by atoms with Crippen LogP contribution in [0.3, 0.4) is 0 Å². The van der Waals surface area contributed by atoms with Crippen LogP contribution in [0.2, 0.25) is 0 Å². The van der Waals surface area contributed by atoms with Crippen LogP contribution in [0.1, 0.15) is 24.9 Å². The van der Waals surface area contributed by atoms with E-state index in [1.807, 2.05) is 17.0 Å². The molecule has 0 spiro atoms. The van der Waals surface area contributed by atoms with Gasteiger partial charge in [0.05, 0.1) is 10.9 Å². The number of carbonyl (C=O) groups excluding carboxylic acids is 1. The molecule has 1 heterocycles. The fourth-order valence-corrected chi connectivity index (χ4v) is 2.70. The molecule has 16 heavy (non-hydrogen) atoms. The molecule has 2 rings (SSSR count). The van der Waals surface area contributed by atoms with Crippen molar-refractivity contribution < 1.29 is 4.79 Å². The van der Waals surface area contributed by atoms with Gasteiger partial charge in [0.15, 0.2) is 0 Å². The van der Waals surface area contributed by atoms with Crippen LogP contribution in [-0.4, -0.2) is 22.2 Å². The van der Waals surface area contributed by atoms with Gasteiger partial charge >= 0.3 is 0 Å². The highest BCUT2D eigenvalue weighted by molar-refractivity contribution is 9.10. The van der Waals surface area contributed by atoms with Gasteiger partial charge in [0.2, 0.25) is 5.91 Å². The smallest absolute Gasteiger partial charge is 0.236 e. The second-order valence-electron chi connectivity index (χ2n) is 4.02. The molecule has 2 nitrogen and oxygen atoms in total. The number of nitrogens with zero attached hydrogens (tertiary/aromatic N) is 1. The van der Waals surface area contributed by atoms with E-state index in [-0.39, 0.29) is 16.8 Å². The third-order valence-electron chi connectivity index (χ3n) is 2.99. The number of alkyl halides is 1. The van der Waals surface area contributed by atoms with Gasteiger partial charge in [-0.2, -0.15) is 0 Å². The summed E-state index contributed by atoms with van der Waals surface area (Å²) < 4.78 is 1.06. The van der Waals surface area contributed by atoms with Gasteiger partial charge < -0.3 is 4.90 Å². The van der Waals surface area contributed by atoms with Crippen molar-refractivity contribution in [3.8, 4) is 0 Å². The molecule has 2 unspecified atom stereocenters. The summed E-state index contributed by atoms with van der Waals surface area (Å²) in [6, 6.07) is 8.30. The van der Waals surface area contributed by atoms with Crippen LogP contribution in [-0.2, 0) is 4.79 Å². The van der Waals surface area contributed by atoms with Crippen molar-refractivity contribution in [1.82, 2.24) is 4.90 Å². The Bertz CT molecular complexity index is 391. The number of hydrogen-bond donors (Lipinski definition) is 0. The maximum Gasteiger partial charge on any atom is 0.236 e. The topological polar surface area (TPSA) is 20.3 Å². The number of hydrogen-bond acceptors (Lipinski definition) is 1. The first kappa shape index (κ1) is 12.1. The van der Waals surface area contributed by atoms with Crippen LogP contribution < -0.4 is 0 Å². The molecule has 4 heteroatoms. The molecule has 1 amide bonds. The van der Waals surface area contributed by atoms with Gasteiger partial charge in [0.1, 0.15) is 0 Å². The third-order valence-corrected chi connectivity index (χ3v) is 4.37. The zero-order chi connectivity index (χ0) is 11.7. The summed E-state index contributed by atoms with van der Waals surface area (Å²) in [7, 11) is 0. The molecule has 1 fully saturated rings. The molecule has 86 valence electrons. The highest BCUT2D eigenvalue weighted by Crippen LogP contribution is 2.29. The highest BCUT2D eigenvalue weighted by Gasteiger charge is 2.32. The van der Waals surface area contributed by atoms with Crippen molar-refractivity contribution in [2.24, 2.45) is 0 Å². The fraction of sp³-hybridized carbons (Fsp3) is 0.417. The number of halogens is 2. The maximum atomic E-state index is 11.9. The van der Waals surface area contributed by atoms with Crippen LogP contribution in [0.4, 0.5) is 0 Å². The van der Waals surface area contributed by atoms with Crippen molar-refractivity contribution >= 4 is 37.8 Å². The van der Waals surface area contributed by atoms with Crippen LogP contribution >= 0.6 is 31.9 Å². The summed E-state index contributed by atoms with van der Waals surface area (Å²) in [5.41, 5.74) is 1.18. The van der Waals surface area contributed by atoms with Gasteiger partial charge in [-0.15, -0.1) is 0 Å². The first-order chi connectivity index (χ1) is 7.59. The molecule has 1 aromatic carbocycles. The average molecular weight is 347 g/mol. The molecule has 0 saturated carbocycles. The summed E-state index contributed by atoms with van der Waals surface area (Å²) in [6.45, 7) is 2.91. The summed E-state index contributed by atoms with van der Waals surface area (Å²) in [6.07, 6.45) is 0.902. The molecule has 2 atom stereocenters. The minimum Gasteiger partial charge on any atom is -0.335 e. The van der Waals surface area contributed by atoms with Crippen molar-refractivity contribution in [1.29, 1.82) is 0 Å². The van der Waals surface area contributed by atoms with Crippen molar-refractivity contribution in [2.45, 2.75) is 24.2 Å². The largest absolute Gasteiger partial charge is 0.335 e. The monoisotopic (exact) mass is 345 g/mol. The van der Waals surface area contributed by atoms with Gasteiger partial charge in [0.25, 0.3) is 0 Å². The molecule has 0 N–H and O–H groups in total. The van der Waals surface area contributed by atoms with Crippen molar-refractivity contribution in [3.05, 3.63) is 34.3 Å². The second kappa shape index (κ2) is 4.88. The molecule has 0 radical (unpaired) electrons. The Kier molecular flexibility index (Phi) is 3.70. The van der Waals surface area contributed by atoms with E-state index in [4.69, 9.17) is 0 Å². The van der Waals surface area contributed by atoms with Crippen LogP contribution in [0.5, 0.6) is 0 Å². The lowest BCUT2D eigenvalue weighted by molar-refractivity contribution is -0.128. The summed E-state index contributed by atoms with van der Waals surface area (Å²) in [4.78, 5) is 13.8. The fourth-order valence-electron chi connectivity index (χ4n) is 1.97. The van der Waals surface area contributed by atoms with Gasteiger partial charge in [-0.25, -0.2) is 0 Å². The summed E-state index contributed by atoms with van der Waals surface area (Å²) >= 11 is 6.81. The Morgan fingerprint density at radius 1 is 1.38 bits per heavy atom. The standard InChI is InChI=1S/C12H13Br2NO/c1-8(9-2-4-10(13)5-3-9)15-7-6-11(14)12(15)16/h2-5,8,11H,6-7H2,1H3. The zero-order valence-corrected chi connectivity index (χ0v) is 12.2. The van der Waals surface area contributed by atoms with E-state index in [0.29, 0.717) is 0 Å². The number of carbonyl (C=O) groups is 1. The van der Waals surface area contributed by atoms with E-state index in [0.717, 1.165) is 17.4 Å². The number of amides is 1. The highest BCUT2D eigenvalue weighted by atomic mass is 79.9. The van der Waals surface area contributed by atoms with E-state index >= 15 is 0 Å². The molecular formula is C12H13Br2NO. The van der Waals surface area contributed by atoms with Gasteiger partial charge in [-0.3, -0.25) is 4.79 Å². The lowest BCUT2D eigenvalue weighted by Gasteiger charge is -2.24.